The SMILES string of the molecule is COc1cc(Br)cc(CNC(C)(C)CO)c1O. The molecule has 0 saturated heterocycles. The van der Waals surface area contributed by atoms with Crippen molar-refractivity contribution in [1.29, 1.82) is 0 Å². The summed E-state index contributed by atoms with van der Waals surface area (Å²) in [6.07, 6.45) is 0. The molecule has 0 aliphatic rings. The summed E-state index contributed by atoms with van der Waals surface area (Å²) in [5.41, 5.74) is 0.333. The minimum absolute atomic E-state index is 0.0267. The molecule has 0 aliphatic heterocycles. The van der Waals surface area contributed by atoms with Gasteiger partial charge in [0.2, 0.25) is 0 Å². The van der Waals surface area contributed by atoms with Crippen molar-refractivity contribution in [3.8, 4) is 11.5 Å². The van der Waals surface area contributed by atoms with Gasteiger partial charge in [0, 0.05) is 22.1 Å². The average molecular weight is 304 g/mol. The maximum Gasteiger partial charge on any atom is 0.162 e. The van der Waals surface area contributed by atoms with E-state index in [-0.39, 0.29) is 17.9 Å². The van der Waals surface area contributed by atoms with Gasteiger partial charge in [0.25, 0.3) is 0 Å². The first-order chi connectivity index (χ1) is 7.89. The van der Waals surface area contributed by atoms with Gasteiger partial charge in [0.05, 0.1) is 13.7 Å². The molecule has 1 aromatic carbocycles. The molecule has 0 radical (unpaired) electrons. The monoisotopic (exact) mass is 303 g/mol. The largest absolute Gasteiger partial charge is 0.504 e. The van der Waals surface area contributed by atoms with Gasteiger partial charge in [-0.1, -0.05) is 15.9 Å². The Morgan fingerprint density at radius 1 is 1.41 bits per heavy atom. The van der Waals surface area contributed by atoms with Crippen LogP contribution in [0.25, 0.3) is 0 Å². The minimum atomic E-state index is -0.387. The Hall–Kier alpha value is -0.780. The lowest BCUT2D eigenvalue weighted by molar-refractivity contribution is 0.187. The quantitative estimate of drug-likeness (QED) is 0.779. The molecule has 0 aromatic heterocycles. The molecule has 0 aliphatic carbocycles. The van der Waals surface area contributed by atoms with E-state index in [4.69, 9.17) is 9.84 Å². The highest BCUT2D eigenvalue weighted by molar-refractivity contribution is 9.10. The number of hydrogen-bond acceptors (Lipinski definition) is 4. The van der Waals surface area contributed by atoms with Gasteiger partial charge in [-0.25, -0.2) is 0 Å². The summed E-state index contributed by atoms with van der Waals surface area (Å²) in [5.74, 6) is 0.551. The Balaban J connectivity index is 2.88. The van der Waals surface area contributed by atoms with Crippen molar-refractivity contribution >= 4 is 15.9 Å². The fraction of sp³-hybridized carbons (Fsp3) is 0.500. The van der Waals surface area contributed by atoms with E-state index in [1.807, 2.05) is 19.9 Å². The van der Waals surface area contributed by atoms with Crippen molar-refractivity contribution in [1.82, 2.24) is 5.32 Å². The molecular weight excluding hydrogens is 286 g/mol. The first kappa shape index (κ1) is 14.3. The van der Waals surface area contributed by atoms with E-state index < -0.39 is 0 Å². The van der Waals surface area contributed by atoms with Gasteiger partial charge in [-0.15, -0.1) is 0 Å². The molecule has 0 heterocycles. The second-order valence-electron chi connectivity index (χ2n) is 4.51. The van der Waals surface area contributed by atoms with Gasteiger partial charge in [0.1, 0.15) is 0 Å². The van der Waals surface area contributed by atoms with E-state index in [0.29, 0.717) is 12.3 Å². The normalized spacial score (nSPS) is 11.6. The van der Waals surface area contributed by atoms with Crippen molar-refractivity contribution in [3.05, 3.63) is 22.2 Å². The fourth-order valence-corrected chi connectivity index (χ4v) is 1.79. The van der Waals surface area contributed by atoms with Crippen LogP contribution >= 0.6 is 15.9 Å². The van der Waals surface area contributed by atoms with E-state index >= 15 is 0 Å². The minimum Gasteiger partial charge on any atom is -0.504 e. The molecule has 0 amide bonds. The third kappa shape index (κ3) is 3.87. The van der Waals surface area contributed by atoms with Crippen LogP contribution in [0.2, 0.25) is 0 Å². The van der Waals surface area contributed by atoms with Crippen LogP contribution in [-0.4, -0.2) is 29.5 Å². The number of aliphatic hydroxyl groups excluding tert-OH is 1. The van der Waals surface area contributed by atoms with Crippen molar-refractivity contribution in [2.45, 2.75) is 25.9 Å². The molecule has 5 heteroatoms. The third-order valence-corrected chi connectivity index (χ3v) is 2.95. The summed E-state index contributed by atoms with van der Waals surface area (Å²) in [5, 5.41) is 22.2. The predicted molar refractivity (Wildman–Crippen MR) is 70.4 cm³/mol. The molecule has 0 saturated carbocycles. The number of nitrogens with one attached hydrogen (secondary N) is 1. The van der Waals surface area contributed by atoms with E-state index in [9.17, 15) is 5.11 Å². The number of benzene rings is 1. The summed E-state index contributed by atoms with van der Waals surface area (Å²) in [7, 11) is 1.51. The smallest absolute Gasteiger partial charge is 0.162 e. The zero-order valence-corrected chi connectivity index (χ0v) is 11.8. The molecule has 1 rings (SSSR count). The van der Waals surface area contributed by atoms with Gasteiger partial charge >= 0.3 is 0 Å². The van der Waals surface area contributed by atoms with Crippen LogP contribution in [0.15, 0.2) is 16.6 Å². The lowest BCUT2D eigenvalue weighted by Crippen LogP contribution is -2.42. The van der Waals surface area contributed by atoms with E-state index in [0.717, 1.165) is 10.0 Å². The van der Waals surface area contributed by atoms with Crippen LogP contribution in [0.3, 0.4) is 0 Å². The Kier molecular flexibility index (Phi) is 4.80. The summed E-state index contributed by atoms with van der Waals surface area (Å²) in [4.78, 5) is 0. The number of halogens is 1. The maximum atomic E-state index is 9.93. The highest BCUT2D eigenvalue weighted by Crippen LogP contribution is 2.33. The molecule has 4 nitrogen and oxygen atoms in total. The molecule has 0 spiro atoms. The number of hydrogen-bond donors (Lipinski definition) is 3. The van der Waals surface area contributed by atoms with Gasteiger partial charge in [-0.05, 0) is 26.0 Å². The van der Waals surface area contributed by atoms with Crippen LogP contribution < -0.4 is 10.1 Å². The Bertz CT molecular complexity index is 394. The molecule has 0 fully saturated rings. The molecule has 3 N–H and O–H groups in total. The number of ether oxygens (including phenoxy) is 1. The van der Waals surface area contributed by atoms with Crippen molar-refractivity contribution in [2.75, 3.05) is 13.7 Å². The molecular formula is C12H18BrNO3. The van der Waals surface area contributed by atoms with Crippen LogP contribution in [0, 0.1) is 0 Å². The number of aliphatic hydroxyl groups is 1. The first-order valence-corrected chi connectivity index (χ1v) is 6.10. The molecule has 0 atom stereocenters. The average Bonchev–Trinajstić information content (AvgIpc) is 2.30. The summed E-state index contributed by atoms with van der Waals surface area (Å²) >= 11 is 3.36. The van der Waals surface area contributed by atoms with Crippen LogP contribution in [-0.2, 0) is 6.54 Å². The lowest BCUT2D eigenvalue weighted by Gasteiger charge is -2.24. The van der Waals surface area contributed by atoms with Gasteiger partial charge < -0.3 is 20.3 Å². The van der Waals surface area contributed by atoms with Crippen LogP contribution in [0.4, 0.5) is 0 Å². The van der Waals surface area contributed by atoms with Crippen molar-refractivity contribution in [2.24, 2.45) is 0 Å². The topological polar surface area (TPSA) is 61.7 Å². The maximum absolute atomic E-state index is 9.93. The summed E-state index contributed by atoms with van der Waals surface area (Å²) in [6, 6.07) is 3.52. The lowest BCUT2D eigenvalue weighted by atomic mass is 10.1. The molecule has 17 heavy (non-hydrogen) atoms. The van der Waals surface area contributed by atoms with Crippen molar-refractivity contribution < 1.29 is 14.9 Å². The molecule has 96 valence electrons. The molecule has 0 bridgehead atoms. The number of phenolic OH excluding ortho intramolecular Hbond substituents is 1. The zero-order valence-electron chi connectivity index (χ0n) is 10.2. The second kappa shape index (κ2) is 5.71. The Morgan fingerprint density at radius 2 is 2.06 bits per heavy atom. The second-order valence-corrected chi connectivity index (χ2v) is 5.43. The number of phenols is 1. The van der Waals surface area contributed by atoms with Crippen molar-refractivity contribution in [3.63, 3.8) is 0 Å². The zero-order chi connectivity index (χ0) is 13.1. The summed E-state index contributed by atoms with van der Waals surface area (Å²) < 4.78 is 5.91. The van der Waals surface area contributed by atoms with Crippen LogP contribution in [0.1, 0.15) is 19.4 Å². The number of rotatable bonds is 5. The summed E-state index contributed by atoms with van der Waals surface area (Å²) in [6.45, 7) is 4.26. The van der Waals surface area contributed by atoms with E-state index in [1.165, 1.54) is 7.11 Å². The predicted octanol–water partition coefficient (Wildman–Crippen LogP) is 2.02. The van der Waals surface area contributed by atoms with E-state index in [1.54, 1.807) is 6.07 Å². The first-order valence-electron chi connectivity index (χ1n) is 5.31. The number of methoxy groups -OCH3 is 1. The third-order valence-electron chi connectivity index (χ3n) is 2.49. The molecule has 1 aromatic rings. The number of aromatic hydroxyl groups is 1. The Morgan fingerprint density at radius 3 is 2.59 bits per heavy atom. The van der Waals surface area contributed by atoms with Gasteiger partial charge in [-0.3, -0.25) is 0 Å². The molecule has 0 unspecified atom stereocenters. The van der Waals surface area contributed by atoms with Gasteiger partial charge in [-0.2, -0.15) is 0 Å². The highest BCUT2D eigenvalue weighted by Gasteiger charge is 2.17. The Labute approximate surface area is 110 Å². The fourth-order valence-electron chi connectivity index (χ4n) is 1.31. The highest BCUT2D eigenvalue weighted by atomic mass is 79.9. The van der Waals surface area contributed by atoms with Crippen LogP contribution in [0.5, 0.6) is 11.5 Å². The standard InChI is InChI=1S/C12H18BrNO3/c1-12(2,7-15)14-6-8-4-9(13)5-10(17-3)11(8)16/h4-5,14-16H,6-7H2,1-3H3. The van der Waals surface area contributed by atoms with E-state index in [2.05, 4.69) is 21.2 Å². The van der Waals surface area contributed by atoms with Gasteiger partial charge in [0.15, 0.2) is 11.5 Å².